The van der Waals surface area contributed by atoms with Crippen molar-refractivity contribution in [2.45, 2.75) is 26.7 Å². The molecule has 7 rings (SSSR count). The molecule has 4 aromatic heterocycles. The number of anilines is 1. The molecule has 6 aromatic rings. The summed E-state index contributed by atoms with van der Waals surface area (Å²) in [6, 6.07) is 23.2. The molecule has 0 fully saturated rings. The number of fused-ring (bicyclic) bond motifs is 2. The molecule has 0 radical (unpaired) electrons. The third-order valence-corrected chi connectivity index (χ3v) is 9.18. The van der Waals surface area contributed by atoms with Crippen LogP contribution in [-0.2, 0) is 14.3 Å². The number of aryl methyl sites for hydroxylation is 1. The number of hydrogen-bond acceptors (Lipinski definition) is 8. The van der Waals surface area contributed by atoms with Gasteiger partial charge in [-0.3, -0.25) is 19.3 Å². The van der Waals surface area contributed by atoms with Gasteiger partial charge in [0.05, 0.1) is 35.5 Å². The molecule has 2 aromatic carbocycles. The molecule has 1 N–H and O–H groups in total. The Morgan fingerprint density at radius 3 is 2.57 bits per heavy atom. The summed E-state index contributed by atoms with van der Waals surface area (Å²) in [4.78, 5) is 46.2. The molecule has 0 saturated heterocycles. The highest BCUT2D eigenvalue weighted by Gasteiger charge is 2.43. The summed E-state index contributed by atoms with van der Waals surface area (Å²) in [6.07, 6.45) is 5.12. The van der Waals surface area contributed by atoms with Gasteiger partial charge in [-0.05, 0) is 73.5 Å². The molecule has 1 aliphatic heterocycles. The van der Waals surface area contributed by atoms with E-state index in [1.165, 1.54) is 0 Å². The summed E-state index contributed by atoms with van der Waals surface area (Å²) in [5.74, 6) is -0.976. The summed E-state index contributed by atoms with van der Waals surface area (Å²) in [5, 5.41) is 5.98. The minimum Gasteiger partial charge on any atom is -0.463 e. The Hall–Kier alpha value is -5.48. The van der Waals surface area contributed by atoms with Crippen LogP contribution in [0.25, 0.3) is 32.5 Å². The van der Waals surface area contributed by atoms with Gasteiger partial charge in [-0.25, -0.2) is 14.8 Å². The van der Waals surface area contributed by atoms with Crippen LogP contribution in [0.4, 0.5) is 5.82 Å². The molecule has 228 valence electrons. The van der Waals surface area contributed by atoms with Gasteiger partial charge in [0.1, 0.15) is 17.2 Å². The molecule has 0 spiro atoms. The van der Waals surface area contributed by atoms with Crippen molar-refractivity contribution >= 4 is 61.6 Å². The van der Waals surface area contributed by atoms with Gasteiger partial charge in [0.15, 0.2) is 0 Å². The fourth-order valence-electron chi connectivity index (χ4n) is 6.22. The largest absolute Gasteiger partial charge is 0.463 e. The lowest BCUT2D eigenvalue weighted by Gasteiger charge is -2.32. The summed E-state index contributed by atoms with van der Waals surface area (Å²) in [6.45, 7) is 5.75. The molecule has 5 heterocycles. The van der Waals surface area contributed by atoms with Crippen LogP contribution < -0.4 is 5.32 Å². The monoisotopic (exact) mass is 626 g/mol. The Labute approximate surface area is 269 Å². The summed E-state index contributed by atoms with van der Waals surface area (Å²) < 4.78 is 8.80. The normalized spacial score (nSPS) is 16.5. The van der Waals surface area contributed by atoms with Gasteiger partial charge in [-0.1, -0.05) is 36.4 Å². The summed E-state index contributed by atoms with van der Waals surface area (Å²) >= 11 is 1.58. The SMILES string of the molecule is CCOC(=O)C1=C(c2ccc(-n3c(C)nc4cnccc43)cc2)N=C(C)C(C(=O)Nc2ccccn2)C1c1csc2ccccc12. The molecule has 2 unspecified atom stereocenters. The van der Waals surface area contributed by atoms with E-state index in [-0.39, 0.29) is 12.5 Å². The molecular weight excluding hydrogens is 597 g/mol. The van der Waals surface area contributed by atoms with Crippen molar-refractivity contribution in [1.29, 1.82) is 0 Å². The number of aromatic nitrogens is 4. The molecule has 10 heteroatoms. The third kappa shape index (κ3) is 5.16. The molecule has 1 aliphatic rings. The van der Waals surface area contributed by atoms with E-state index in [0.717, 1.165) is 43.8 Å². The average molecular weight is 627 g/mol. The number of carbonyl (C=O) groups excluding carboxylic acids is 2. The Morgan fingerprint density at radius 2 is 1.78 bits per heavy atom. The molecule has 2 atom stereocenters. The lowest BCUT2D eigenvalue weighted by molar-refractivity contribution is -0.138. The van der Waals surface area contributed by atoms with Crippen LogP contribution in [-0.4, -0.2) is 43.7 Å². The second kappa shape index (κ2) is 12.1. The van der Waals surface area contributed by atoms with Gasteiger partial charge >= 0.3 is 5.97 Å². The van der Waals surface area contributed by atoms with Crippen molar-refractivity contribution in [2.75, 3.05) is 11.9 Å². The quantitative estimate of drug-likeness (QED) is 0.189. The lowest BCUT2D eigenvalue weighted by Crippen LogP contribution is -2.38. The number of rotatable bonds is 7. The summed E-state index contributed by atoms with van der Waals surface area (Å²) in [5.41, 5.74) is 5.71. The highest BCUT2D eigenvalue weighted by molar-refractivity contribution is 7.17. The van der Waals surface area contributed by atoms with E-state index in [1.54, 1.807) is 49.0 Å². The van der Waals surface area contributed by atoms with Crippen molar-refractivity contribution in [2.24, 2.45) is 10.9 Å². The fourth-order valence-corrected chi connectivity index (χ4v) is 7.21. The van der Waals surface area contributed by atoms with Crippen LogP contribution in [0.15, 0.2) is 107 Å². The Kier molecular flexibility index (Phi) is 7.71. The molecule has 1 amide bonds. The van der Waals surface area contributed by atoms with Crippen LogP contribution in [0.2, 0.25) is 0 Å². The predicted octanol–water partition coefficient (Wildman–Crippen LogP) is 7.13. The van der Waals surface area contributed by atoms with Crippen molar-refractivity contribution in [3.05, 3.63) is 119 Å². The van der Waals surface area contributed by atoms with Crippen LogP contribution in [0.5, 0.6) is 0 Å². The Balaban J connectivity index is 1.39. The second-order valence-corrected chi connectivity index (χ2v) is 11.9. The first-order valence-electron chi connectivity index (χ1n) is 15.0. The number of benzene rings is 2. The van der Waals surface area contributed by atoms with Crippen molar-refractivity contribution in [1.82, 2.24) is 19.5 Å². The molecule has 9 nitrogen and oxygen atoms in total. The van der Waals surface area contributed by atoms with Crippen molar-refractivity contribution in [3.63, 3.8) is 0 Å². The van der Waals surface area contributed by atoms with Crippen molar-refractivity contribution < 1.29 is 14.3 Å². The van der Waals surface area contributed by atoms with E-state index >= 15 is 0 Å². The number of hydrogen-bond donors (Lipinski definition) is 1. The molecular formula is C36H30N6O3S. The van der Waals surface area contributed by atoms with Gasteiger partial charge in [-0.15, -0.1) is 11.3 Å². The number of esters is 1. The number of ether oxygens (including phenoxy) is 1. The second-order valence-electron chi connectivity index (χ2n) is 11.0. The lowest BCUT2D eigenvalue weighted by atomic mass is 9.74. The zero-order chi connectivity index (χ0) is 31.8. The summed E-state index contributed by atoms with van der Waals surface area (Å²) in [7, 11) is 0. The number of nitrogens with one attached hydrogen (secondary N) is 1. The predicted molar refractivity (Wildman–Crippen MR) is 181 cm³/mol. The van der Waals surface area contributed by atoms with E-state index in [9.17, 15) is 9.59 Å². The standard InChI is InChI=1S/C36H30N6O3S/c1-4-45-36(44)33-32(26-20-46-29-10-6-5-9-25(26)29)31(35(43)41-30-11-7-8-17-38-30)21(2)39-34(33)23-12-14-24(15-13-23)42-22(3)40-27-19-37-18-16-28(27)42/h5-20,31-32H,4H2,1-3H3,(H,38,41,43). The van der Waals surface area contributed by atoms with Gasteiger partial charge in [0.25, 0.3) is 0 Å². The van der Waals surface area contributed by atoms with Crippen LogP contribution in [0.3, 0.4) is 0 Å². The Morgan fingerprint density at radius 1 is 0.978 bits per heavy atom. The van der Waals surface area contributed by atoms with Gasteiger partial charge in [0.2, 0.25) is 5.91 Å². The third-order valence-electron chi connectivity index (χ3n) is 8.20. The number of carbonyl (C=O) groups is 2. The number of aliphatic imine (C=N–C) groups is 1. The number of amides is 1. The first kappa shape index (κ1) is 29.2. The fraction of sp³-hybridized carbons (Fsp3) is 0.167. The van der Waals surface area contributed by atoms with E-state index in [0.29, 0.717) is 22.8 Å². The maximum Gasteiger partial charge on any atom is 0.336 e. The highest BCUT2D eigenvalue weighted by atomic mass is 32.1. The van der Waals surface area contributed by atoms with E-state index < -0.39 is 17.8 Å². The molecule has 0 saturated carbocycles. The molecule has 46 heavy (non-hydrogen) atoms. The smallest absolute Gasteiger partial charge is 0.336 e. The minimum absolute atomic E-state index is 0.182. The van der Waals surface area contributed by atoms with Crippen LogP contribution in [0.1, 0.15) is 36.7 Å². The molecule has 0 aliphatic carbocycles. The first-order chi connectivity index (χ1) is 22.4. The van der Waals surface area contributed by atoms with Gasteiger partial charge < -0.3 is 10.1 Å². The number of nitrogens with zero attached hydrogens (tertiary/aromatic N) is 5. The van der Waals surface area contributed by atoms with E-state index in [1.807, 2.05) is 79.9 Å². The molecule has 0 bridgehead atoms. The van der Waals surface area contributed by atoms with Crippen LogP contribution in [0, 0.1) is 12.8 Å². The Bertz CT molecular complexity index is 2160. The first-order valence-corrected chi connectivity index (χ1v) is 15.9. The number of pyridine rings is 2. The zero-order valence-electron chi connectivity index (χ0n) is 25.5. The maximum atomic E-state index is 14.1. The van der Waals surface area contributed by atoms with Gasteiger partial charge in [-0.2, -0.15) is 0 Å². The maximum absolute atomic E-state index is 14.1. The van der Waals surface area contributed by atoms with E-state index in [2.05, 4.69) is 24.8 Å². The number of thiophene rings is 1. The van der Waals surface area contributed by atoms with Crippen LogP contribution >= 0.6 is 11.3 Å². The van der Waals surface area contributed by atoms with E-state index in [4.69, 9.17) is 9.73 Å². The highest BCUT2D eigenvalue weighted by Crippen LogP contribution is 2.46. The average Bonchev–Trinajstić information content (AvgIpc) is 3.65. The van der Waals surface area contributed by atoms with Gasteiger partial charge in [0, 0.05) is 40.0 Å². The number of imidazole rings is 1. The topological polar surface area (TPSA) is 111 Å². The zero-order valence-corrected chi connectivity index (χ0v) is 26.3. The van der Waals surface area contributed by atoms with Crippen molar-refractivity contribution in [3.8, 4) is 5.69 Å². The minimum atomic E-state index is -0.781.